The van der Waals surface area contributed by atoms with Crippen molar-refractivity contribution in [2.45, 2.75) is 6.36 Å². The van der Waals surface area contributed by atoms with E-state index < -0.39 is 6.36 Å². The van der Waals surface area contributed by atoms with Crippen molar-refractivity contribution in [1.29, 1.82) is 0 Å². The number of morpholine rings is 1. The van der Waals surface area contributed by atoms with Crippen molar-refractivity contribution in [1.82, 2.24) is 4.90 Å². The number of nitrogens with two attached hydrogens (primary N) is 1. The molecule has 2 rings (SSSR count). The summed E-state index contributed by atoms with van der Waals surface area (Å²) in [5, 5.41) is 2.69. The molecule has 1 fully saturated rings. The van der Waals surface area contributed by atoms with Gasteiger partial charge in [0.2, 0.25) is 5.91 Å². The van der Waals surface area contributed by atoms with Crippen molar-refractivity contribution < 1.29 is 27.4 Å². The topological polar surface area (TPSA) is 89.2 Å². The summed E-state index contributed by atoms with van der Waals surface area (Å²) in [5.74, 6) is -0.524. The van der Waals surface area contributed by atoms with Crippen molar-refractivity contribution in [3.63, 3.8) is 0 Å². The van der Waals surface area contributed by atoms with E-state index in [9.17, 15) is 18.0 Å². The van der Waals surface area contributed by atoms with E-state index in [1.165, 1.54) is 12.1 Å². The highest BCUT2D eigenvalue weighted by atomic mass is 127. The number of nitrogens with zero attached hydrogens (tertiary/aromatic N) is 2. The van der Waals surface area contributed by atoms with E-state index in [1.807, 2.05) is 0 Å². The van der Waals surface area contributed by atoms with Crippen molar-refractivity contribution in [2.75, 3.05) is 38.2 Å². The van der Waals surface area contributed by atoms with Crippen molar-refractivity contribution in [3.8, 4) is 5.75 Å². The molecule has 0 spiro atoms. The van der Waals surface area contributed by atoms with Gasteiger partial charge in [0, 0.05) is 18.8 Å². The van der Waals surface area contributed by atoms with E-state index in [0.29, 0.717) is 32.0 Å². The first-order valence-corrected chi connectivity index (χ1v) is 7.12. The molecule has 1 amide bonds. The summed E-state index contributed by atoms with van der Waals surface area (Å²) in [4.78, 5) is 17.4. The van der Waals surface area contributed by atoms with Gasteiger partial charge in [0.25, 0.3) is 0 Å². The maximum absolute atomic E-state index is 12.1. The predicted octanol–water partition coefficient (Wildman–Crippen LogP) is 1.79. The Balaban J connectivity index is 0.00000312. The van der Waals surface area contributed by atoms with Crippen LogP contribution < -0.4 is 15.8 Å². The minimum absolute atomic E-state index is 0. The molecule has 11 heteroatoms. The van der Waals surface area contributed by atoms with Crippen molar-refractivity contribution in [3.05, 3.63) is 24.3 Å². The zero-order valence-corrected chi connectivity index (χ0v) is 15.4. The van der Waals surface area contributed by atoms with Gasteiger partial charge in [-0.15, -0.1) is 37.1 Å². The first kappa shape index (κ1) is 21.3. The summed E-state index contributed by atoms with van der Waals surface area (Å²) < 4.78 is 45.1. The highest BCUT2D eigenvalue weighted by Crippen LogP contribution is 2.23. The fourth-order valence-corrected chi connectivity index (χ4v) is 1.99. The number of anilines is 1. The fraction of sp³-hybridized carbons (Fsp3) is 0.429. The standard InChI is InChI=1S/C14H17F3N4O3.HI/c15-14(16,17)24-11-3-1-10(2-4-11)20-13(18)19-9-12(22)21-5-7-23-8-6-21;/h1-4H,5-9H2,(H3,18,19,20);1H. The number of benzene rings is 1. The molecule has 25 heavy (non-hydrogen) atoms. The van der Waals surface area contributed by atoms with Gasteiger partial charge in [-0.3, -0.25) is 4.79 Å². The zero-order chi connectivity index (χ0) is 17.6. The highest BCUT2D eigenvalue weighted by molar-refractivity contribution is 14.0. The molecule has 0 aromatic heterocycles. The molecule has 1 saturated heterocycles. The number of carbonyl (C=O) groups excluding carboxylic acids is 1. The lowest BCUT2D eigenvalue weighted by Gasteiger charge is -2.26. The lowest BCUT2D eigenvalue weighted by molar-refractivity contribution is -0.274. The van der Waals surface area contributed by atoms with Gasteiger partial charge in [0.05, 0.1) is 13.2 Å². The molecule has 1 aromatic carbocycles. The van der Waals surface area contributed by atoms with Gasteiger partial charge in [-0.05, 0) is 24.3 Å². The van der Waals surface area contributed by atoms with E-state index in [2.05, 4.69) is 15.0 Å². The van der Waals surface area contributed by atoms with Crippen LogP contribution in [0, 0.1) is 0 Å². The third-order valence-electron chi connectivity index (χ3n) is 3.11. The zero-order valence-electron chi connectivity index (χ0n) is 13.1. The Morgan fingerprint density at radius 1 is 1.28 bits per heavy atom. The van der Waals surface area contributed by atoms with Crippen LogP contribution in [0.4, 0.5) is 18.9 Å². The SMILES string of the molecule is I.NC(=NCC(=O)N1CCOCC1)Nc1ccc(OC(F)(F)F)cc1. The summed E-state index contributed by atoms with van der Waals surface area (Å²) in [6.07, 6.45) is -4.74. The van der Waals surface area contributed by atoms with Crippen LogP contribution in [0.3, 0.4) is 0 Å². The fourth-order valence-electron chi connectivity index (χ4n) is 1.99. The minimum atomic E-state index is -4.74. The molecule has 1 aliphatic heterocycles. The van der Waals surface area contributed by atoms with E-state index >= 15 is 0 Å². The number of guanidine groups is 1. The average Bonchev–Trinajstić information content (AvgIpc) is 2.54. The molecule has 0 bridgehead atoms. The monoisotopic (exact) mass is 474 g/mol. The molecule has 1 aliphatic rings. The van der Waals surface area contributed by atoms with Gasteiger partial charge >= 0.3 is 6.36 Å². The van der Waals surface area contributed by atoms with Gasteiger partial charge in [-0.25, -0.2) is 4.99 Å². The van der Waals surface area contributed by atoms with Crippen LogP contribution in [0.15, 0.2) is 29.3 Å². The second kappa shape index (κ2) is 9.65. The van der Waals surface area contributed by atoms with Gasteiger partial charge in [-0.2, -0.15) is 0 Å². The molecule has 0 atom stereocenters. The Labute approximate surface area is 159 Å². The maximum atomic E-state index is 12.1. The number of carbonyl (C=O) groups is 1. The van der Waals surface area contributed by atoms with Crippen LogP contribution >= 0.6 is 24.0 Å². The number of amides is 1. The Hall–Kier alpha value is -1.76. The number of ether oxygens (including phenoxy) is 2. The highest BCUT2D eigenvalue weighted by Gasteiger charge is 2.30. The Kier molecular flexibility index (Phi) is 8.22. The third-order valence-corrected chi connectivity index (χ3v) is 3.11. The predicted molar refractivity (Wildman–Crippen MR) is 96.1 cm³/mol. The quantitative estimate of drug-likeness (QED) is 0.395. The Morgan fingerprint density at radius 3 is 2.44 bits per heavy atom. The summed E-state index contributed by atoms with van der Waals surface area (Å²) in [5.41, 5.74) is 6.08. The largest absolute Gasteiger partial charge is 0.573 e. The van der Waals surface area contributed by atoms with Gasteiger partial charge < -0.3 is 25.4 Å². The Morgan fingerprint density at radius 2 is 1.88 bits per heavy atom. The molecular weight excluding hydrogens is 456 g/mol. The Bertz CT molecular complexity index is 590. The van der Waals surface area contributed by atoms with E-state index in [4.69, 9.17) is 10.5 Å². The lowest BCUT2D eigenvalue weighted by Crippen LogP contribution is -2.42. The van der Waals surface area contributed by atoms with E-state index in [-0.39, 0.29) is 48.1 Å². The van der Waals surface area contributed by atoms with Crippen LogP contribution in [0.1, 0.15) is 0 Å². The molecule has 1 heterocycles. The minimum Gasteiger partial charge on any atom is -0.406 e. The van der Waals surface area contributed by atoms with Crippen LogP contribution in [0.5, 0.6) is 5.75 Å². The average molecular weight is 474 g/mol. The number of halogens is 4. The van der Waals surface area contributed by atoms with E-state index in [0.717, 1.165) is 12.1 Å². The van der Waals surface area contributed by atoms with Gasteiger partial charge in [0.15, 0.2) is 5.96 Å². The molecular formula is C14H18F3IN4O3. The summed E-state index contributed by atoms with van der Waals surface area (Å²) in [7, 11) is 0. The summed E-state index contributed by atoms with van der Waals surface area (Å²) in [6, 6.07) is 4.99. The first-order valence-electron chi connectivity index (χ1n) is 7.12. The number of hydrogen-bond acceptors (Lipinski definition) is 4. The van der Waals surface area contributed by atoms with Crippen LogP contribution in [-0.2, 0) is 9.53 Å². The van der Waals surface area contributed by atoms with Crippen LogP contribution in [-0.4, -0.2) is 56.0 Å². The molecule has 0 radical (unpaired) electrons. The van der Waals surface area contributed by atoms with Crippen molar-refractivity contribution in [2.24, 2.45) is 10.7 Å². The normalized spacial score (nSPS) is 15.3. The number of hydrogen-bond donors (Lipinski definition) is 2. The maximum Gasteiger partial charge on any atom is 0.573 e. The van der Waals surface area contributed by atoms with Gasteiger partial charge in [-0.1, -0.05) is 0 Å². The second-order valence-electron chi connectivity index (χ2n) is 4.89. The first-order chi connectivity index (χ1) is 11.3. The van der Waals surface area contributed by atoms with Crippen molar-refractivity contribution >= 4 is 41.5 Å². The summed E-state index contributed by atoms with van der Waals surface area (Å²) in [6.45, 7) is 1.91. The van der Waals surface area contributed by atoms with Gasteiger partial charge in [0.1, 0.15) is 12.3 Å². The smallest absolute Gasteiger partial charge is 0.406 e. The lowest BCUT2D eigenvalue weighted by atomic mass is 10.3. The third kappa shape index (κ3) is 7.77. The number of nitrogens with one attached hydrogen (secondary N) is 1. The molecule has 0 aliphatic carbocycles. The molecule has 7 nitrogen and oxygen atoms in total. The molecule has 0 saturated carbocycles. The molecule has 140 valence electrons. The van der Waals surface area contributed by atoms with Crippen LogP contribution in [0.2, 0.25) is 0 Å². The number of rotatable bonds is 4. The second-order valence-corrected chi connectivity index (χ2v) is 4.89. The number of alkyl halides is 3. The molecule has 0 unspecified atom stereocenters. The number of aliphatic imine (C=N–C) groups is 1. The molecule has 1 aromatic rings. The summed E-state index contributed by atoms with van der Waals surface area (Å²) >= 11 is 0. The van der Waals surface area contributed by atoms with E-state index in [1.54, 1.807) is 4.90 Å². The molecule has 3 N–H and O–H groups in total. The van der Waals surface area contributed by atoms with Crippen LogP contribution in [0.25, 0.3) is 0 Å².